The van der Waals surface area contributed by atoms with Gasteiger partial charge < -0.3 is 9.80 Å². The molecule has 2 aromatic rings. The van der Waals surface area contributed by atoms with Gasteiger partial charge in [-0.1, -0.05) is 11.3 Å². The number of amides is 2. The van der Waals surface area contributed by atoms with E-state index in [0.29, 0.717) is 13.1 Å². The van der Waals surface area contributed by atoms with Crippen LogP contribution in [0.25, 0.3) is 0 Å². The number of piperazine rings is 1. The van der Waals surface area contributed by atoms with Crippen LogP contribution in [0.5, 0.6) is 0 Å². The quantitative estimate of drug-likeness (QED) is 0.839. The Hall–Kier alpha value is -2.70. The van der Waals surface area contributed by atoms with E-state index >= 15 is 0 Å². The van der Waals surface area contributed by atoms with E-state index in [2.05, 4.69) is 16.4 Å². The van der Waals surface area contributed by atoms with Crippen molar-refractivity contribution in [3.05, 3.63) is 41.7 Å². The Labute approximate surface area is 134 Å². The highest BCUT2D eigenvalue weighted by Gasteiger charge is 2.28. The second-order valence-electron chi connectivity index (χ2n) is 5.81. The van der Waals surface area contributed by atoms with Gasteiger partial charge in [-0.2, -0.15) is 0 Å². The number of nitrogens with zero attached hydrogens (tertiary/aromatic N) is 5. The van der Waals surface area contributed by atoms with Crippen LogP contribution < -0.4 is 4.90 Å². The van der Waals surface area contributed by atoms with E-state index in [1.54, 1.807) is 16.0 Å². The predicted octanol–water partition coefficient (Wildman–Crippen LogP) is 0.770. The molecule has 0 N–H and O–H groups in total. The number of hydrogen-bond acceptors (Lipinski definition) is 4. The molecule has 1 aliphatic rings. The minimum Gasteiger partial charge on any atom is -0.330 e. The molecular formula is C16H19N5O2. The summed E-state index contributed by atoms with van der Waals surface area (Å²) in [5, 5.41) is 7.45. The van der Waals surface area contributed by atoms with Gasteiger partial charge in [0.15, 0.2) is 0 Å². The number of aryl methyl sites for hydroxylation is 2. The van der Waals surface area contributed by atoms with Crippen LogP contribution in [0.3, 0.4) is 0 Å². The van der Waals surface area contributed by atoms with Crippen LogP contribution in [0.1, 0.15) is 11.1 Å². The molecule has 0 aliphatic carbocycles. The van der Waals surface area contributed by atoms with Crippen molar-refractivity contribution in [3.8, 4) is 0 Å². The summed E-state index contributed by atoms with van der Waals surface area (Å²) in [6.45, 7) is 5.26. The summed E-state index contributed by atoms with van der Waals surface area (Å²) in [5.41, 5.74) is 3.14. The predicted molar refractivity (Wildman–Crippen MR) is 84.9 cm³/mol. The summed E-state index contributed by atoms with van der Waals surface area (Å²) < 4.78 is 1.46. The Bertz CT molecular complexity index is 706. The van der Waals surface area contributed by atoms with Crippen molar-refractivity contribution >= 4 is 17.5 Å². The second-order valence-corrected chi connectivity index (χ2v) is 5.81. The minimum absolute atomic E-state index is 0.0619. The average Bonchev–Trinajstić information content (AvgIpc) is 2.99. The normalized spacial score (nSPS) is 15.1. The van der Waals surface area contributed by atoms with Crippen LogP contribution in [0.4, 0.5) is 5.69 Å². The Balaban J connectivity index is 1.67. The van der Waals surface area contributed by atoms with Crippen molar-refractivity contribution in [2.24, 2.45) is 0 Å². The van der Waals surface area contributed by atoms with Crippen LogP contribution >= 0.6 is 0 Å². The summed E-state index contributed by atoms with van der Waals surface area (Å²) in [5.74, 6) is -0.183. The zero-order valence-electron chi connectivity index (χ0n) is 13.3. The fourth-order valence-corrected chi connectivity index (χ4v) is 2.82. The molecule has 0 bridgehead atoms. The van der Waals surface area contributed by atoms with Crippen LogP contribution in [-0.2, 0) is 16.1 Å². The van der Waals surface area contributed by atoms with Crippen LogP contribution in [0, 0.1) is 13.8 Å². The number of aromatic nitrogens is 3. The monoisotopic (exact) mass is 313 g/mol. The largest absolute Gasteiger partial charge is 0.330 e. The van der Waals surface area contributed by atoms with Crippen molar-refractivity contribution in [3.63, 3.8) is 0 Å². The third kappa shape index (κ3) is 3.39. The van der Waals surface area contributed by atoms with Gasteiger partial charge in [-0.25, -0.2) is 4.68 Å². The zero-order valence-corrected chi connectivity index (χ0v) is 13.3. The molecule has 0 unspecified atom stereocenters. The number of carbonyl (C=O) groups is 2. The van der Waals surface area contributed by atoms with Gasteiger partial charge in [-0.05, 0) is 37.1 Å². The SMILES string of the molecule is Cc1cc(C)cc(N2CCN(C(=O)Cn3ccnn3)CC2=O)c1. The van der Waals surface area contributed by atoms with Gasteiger partial charge in [0.1, 0.15) is 13.1 Å². The van der Waals surface area contributed by atoms with Crippen molar-refractivity contribution in [1.29, 1.82) is 0 Å². The molecule has 1 saturated heterocycles. The molecule has 1 fully saturated rings. The zero-order chi connectivity index (χ0) is 16.4. The molecular weight excluding hydrogens is 294 g/mol. The molecule has 1 aromatic carbocycles. The fraction of sp³-hybridized carbons (Fsp3) is 0.375. The molecule has 7 nitrogen and oxygen atoms in total. The highest BCUT2D eigenvalue weighted by Crippen LogP contribution is 2.21. The lowest BCUT2D eigenvalue weighted by Gasteiger charge is -2.34. The number of rotatable bonds is 3. The lowest BCUT2D eigenvalue weighted by molar-refractivity contribution is -0.137. The number of hydrogen-bond donors (Lipinski definition) is 0. The molecule has 120 valence electrons. The Morgan fingerprint density at radius 1 is 1.17 bits per heavy atom. The van der Waals surface area contributed by atoms with Crippen LogP contribution in [-0.4, -0.2) is 51.3 Å². The van der Waals surface area contributed by atoms with Gasteiger partial charge in [-0.15, -0.1) is 5.10 Å². The first-order valence-corrected chi connectivity index (χ1v) is 7.53. The number of carbonyl (C=O) groups excluding carboxylic acids is 2. The minimum atomic E-state index is -0.121. The lowest BCUT2D eigenvalue weighted by atomic mass is 10.1. The van der Waals surface area contributed by atoms with E-state index in [4.69, 9.17) is 0 Å². The van der Waals surface area contributed by atoms with Crippen molar-refractivity contribution in [2.75, 3.05) is 24.5 Å². The maximum Gasteiger partial charge on any atom is 0.246 e. The molecule has 0 spiro atoms. The van der Waals surface area contributed by atoms with Crippen LogP contribution in [0.2, 0.25) is 0 Å². The van der Waals surface area contributed by atoms with E-state index < -0.39 is 0 Å². The van der Waals surface area contributed by atoms with E-state index in [1.165, 1.54) is 10.9 Å². The van der Waals surface area contributed by atoms with Gasteiger partial charge >= 0.3 is 0 Å². The number of benzene rings is 1. The van der Waals surface area contributed by atoms with E-state index in [9.17, 15) is 9.59 Å². The van der Waals surface area contributed by atoms with E-state index in [1.807, 2.05) is 26.0 Å². The third-order valence-electron chi connectivity index (χ3n) is 3.86. The Morgan fingerprint density at radius 2 is 1.91 bits per heavy atom. The molecule has 0 atom stereocenters. The van der Waals surface area contributed by atoms with E-state index in [0.717, 1.165) is 16.8 Å². The molecule has 2 heterocycles. The van der Waals surface area contributed by atoms with Gasteiger partial charge in [0.05, 0.1) is 6.20 Å². The highest BCUT2D eigenvalue weighted by atomic mass is 16.2. The Kier molecular flexibility index (Phi) is 4.10. The average molecular weight is 313 g/mol. The second kappa shape index (κ2) is 6.20. The molecule has 2 amide bonds. The lowest BCUT2D eigenvalue weighted by Crippen LogP contribution is -2.53. The van der Waals surface area contributed by atoms with Gasteiger partial charge in [0.2, 0.25) is 11.8 Å². The topological polar surface area (TPSA) is 71.3 Å². The first kappa shape index (κ1) is 15.2. The first-order chi connectivity index (χ1) is 11.0. The smallest absolute Gasteiger partial charge is 0.246 e. The molecule has 0 saturated carbocycles. The summed E-state index contributed by atoms with van der Waals surface area (Å²) in [6, 6.07) is 6.07. The number of anilines is 1. The molecule has 1 aromatic heterocycles. The summed E-state index contributed by atoms with van der Waals surface area (Å²) >= 11 is 0. The Morgan fingerprint density at radius 3 is 2.52 bits per heavy atom. The molecule has 7 heteroatoms. The van der Waals surface area contributed by atoms with Gasteiger partial charge in [0.25, 0.3) is 0 Å². The summed E-state index contributed by atoms with van der Waals surface area (Å²) in [7, 11) is 0. The maximum atomic E-state index is 12.4. The van der Waals surface area contributed by atoms with Crippen molar-refractivity contribution in [1.82, 2.24) is 19.9 Å². The molecule has 0 radical (unpaired) electrons. The standard InChI is InChI=1S/C16H19N5O2/c1-12-7-13(2)9-14(8-12)21-6-5-19(10-16(21)23)15(22)11-20-4-3-17-18-20/h3-4,7-9H,5-6,10-11H2,1-2H3. The third-order valence-corrected chi connectivity index (χ3v) is 3.86. The van der Waals surface area contributed by atoms with Crippen molar-refractivity contribution in [2.45, 2.75) is 20.4 Å². The highest BCUT2D eigenvalue weighted by molar-refractivity contribution is 5.98. The molecule has 3 rings (SSSR count). The van der Waals surface area contributed by atoms with Crippen molar-refractivity contribution < 1.29 is 9.59 Å². The van der Waals surface area contributed by atoms with E-state index in [-0.39, 0.29) is 24.9 Å². The van der Waals surface area contributed by atoms with Crippen LogP contribution in [0.15, 0.2) is 30.6 Å². The first-order valence-electron chi connectivity index (χ1n) is 7.53. The maximum absolute atomic E-state index is 12.4. The molecule has 23 heavy (non-hydrogen) atoms. The van der Waals surface area contributed by atoms with Gasteiger partial charge in [-0.3, -0.25) is 9.59 Å². The molecule has 1 aliphatic heterocycles. The fourth-order valence-electron chi connectivity index (χ4n) is 2.82. The summed E-state index contributed by atoms with van der Waals surface area (Å²) in [4.78, 5) is 28.0. The van der Waals surface area contributed by atoms with Gasteiger partial charge in [0, 0.05) is 25.0 Å². The summed E-state index contributed by atoms with van der Waals surface area (Å²) in [6.07, 6.45) is 3.15.